The maximum atomic E-state index is 12.9. The molecule has 0 spiro atoms. The van der Waals surface area contributed by atoms with Crippen LogP contribution in [0.25, 0.3) is 10.8 Å². The molecule has 220 valence electrons. The Morgan fingerprint density at radius 2 is 0.905 bits per heavy atom. The van der Waals surface area contributed by atoms with Crippen LogP contribution in [0.5, 0.6) is 23.0 Å². The van der Waals surface area contributed by atoms with Crippen molar-refractivity contribution in [1.29, 1.82) is 0 Å². The third-order valence-electron chi connectivity index (χ3n) is 6.96. The van der Waals surface area contributed by atoms with Gasteiger partial charge in [0.15, 0.2) is 0 Å². The van der Waals surface area contributed by atoms with Gasteiger partial charge in [0.25, 0.3) is 0 Å². The molecule has 0 N–H and O–H groups in total. The second-order valence-electron chi connectivity index (χ2n) is 10.3. The second kappa shape index (κ2) is 16.2. The van der Waals surface area contributed by atoms with E-state index in [0.717, 1.165) is 37.2 Å². The molecule has 0 amide bonds. The molecule has 4 aromatic rings. The molecule has 0 aliphatic carbocycles. The Hall–Kier alpha value is -4.32. The van der Waals surface area contributed by atoms with Gasteiger partial charge in [0.2, 0.25) is 0 Å². The molecule has 0 aliphatic rings. The van der Waals surface area contributed by atoms with E-state index in [-0.39, 0.29) is 0 Å². The van der Waals surface area contributed by atoms with Gasteiger partial charge >= 0.3 is 11.9 Å². The van der Waals surface area contributed by atoms with Gasteiger partial charge in [0, 0.05) is 10.8 Å². The number of benzene rings is 4. The molecule has 4 aromatic carbocycles. The van der Waals surface area contributed by atoms with Crippen LogP contribution in [0.1, 0.15) is 85.9 Å². The molecule has 6 heteroatoms. The Kier molecular flexibility index (Phi) is 11.8. The van der Waals surface area contributed by atoms with E-state index in [0.29, 0.717) is 46.6 Å². The predicted molar refractivity (Wildman–Crippen MR) is 166 cm³/mol. The van der Waals surface area contributed by atoms with E-state index in [1.54, 1.807) is 72.8 Å². The zero-order chi connectivity index (χ0) is 29.6. The molecule has 0 radical (unpaired) electrons. The van der Waals surface area contributed by atoms with Crippen LogP contribution >= 0.6 is 0 Å². The lowest BCUT2D eigenvalue weighted by Gasteiger charge is -2.12. The van der Waals surface area contributed by atoms with Gasteiger partial charge in [-0.3, -0.25) is 0 Å². The van der Waals surface area contributed by atoms with Gasteiger partial charge in [-0.15, -0.1) is 0 Å². The highest BCUT2D eigenvalue weighted by Crippen LogP contribution is 2.33. The number of esters is 2. The fourth-order valence-corrected chi connectivity index (χ4v) is 4.56. The average Bonchev–Trinajstić information content (AvgIpc) is 3.02. The van der Waals surface area contributed by atoms with E-state index in [9.17, 15) is 9.59 Å². The van der Waals surface area contributed by atoms with E-state index in [1.165, 1.54) is 25.7 Å². The molecular formula is C36H40O6. The summed E-state index contributed by atoms with van der Waals surface area (Å²) in [7, 11) is 0. The fourth-order valence-electron chi connectivity index (χ4n) is 4.56. The van der Waals surface area contributed by atoms with Crippen molar-refractivity contribution >= 4 is 22.7 Å². The molecule has 6 nitrogen and oxygen atoms in total. The van der Waals surface area contributed by atoms with Gasteiger partial charge in [-0.2, -0.15) is 0 Å². The lowest BCUT2D eigenvalue weighted by molar-refractivity contribution is 0.0725. The van der Waals surface area contributed by atoms with Crippen molar-refractivity contribution < 1.29 is 28.5 Å². The zero-order valence-corrected chi connectivity index (χ0v) is 24.6. The number of hydrogen-bond donors (Lipinski definition) is 0. The molecule has 0 aliphatic heterocycles. The number of carbonyl (C=O) groups excluding carboxylic acids is 2. The van der Waals surface area contributed by atoms with Crippen molar-refractivity contribution in [3.63, 3.8) is 0 Å². The highest BCUT2D eigenvalue weighted by Gasteiger charge is 2.15. The van der Waals surface area contributed by atoms with Gasteiger partial charge in [0.05, 0.1) is 24.3 Å². The quantitative estimate of drug-likeness (QED) is 0.0762. The lowest BCUT2D eigenvalue weighted by Crippen LogP contribution is -2.10. The van der Waals surface area contributed by atoms with Crippen LogP contribution < -0.4 is 18.9 Å². The number of carbonyl (C=O) groups is 2. The first kappa shape index (κ1) is 30.6. The average molecular weight is 569 g/mol. The first-order valence-electron chi connectivity index (χ1n) is 15.0. The summed E-state index contributed by atoms with van der Waals surface area (Å²) in [5, 5.41) is 1.32. The molecule has 0 bridgehead atoms. The molecule has 0 heterocycles. The van der Waals surface area contributed by atoms with Crippen molar-refractivity contribution in [2.45, 2.75) is 65.2 Å². The van der Waals surface area contributed by atoms with E-state index >= 15 is 0 Å². The Morgan fingerprint density at radius 1 is 0.500 bits per heavy atom. The van der Waals surface area contributed by atoms with Crippen LogP contribution in [-0.4, -0.2) is 25.2 Å². The number of fused-ring (bicyclic) bond motifs is 1. The van der Waals surface area contributed by atoms with Crippen molar-refractivity contribution in [2.75, 3.05) is 13.2 Å². The minimum Gasteiger partial charge on any atom is -0.494 e. The summed E-state index contributed by atoms with van der Waals surface area (Å²) in [6.07, 6.45) is 9.09. The molecular weight excluding hydrogens is 528 g/mol. The number of rotatable bonds is 16. The van der Waals surface area contributed by atoms with Gasteiger partial charge in [-0.25, -0.2) is 9.59 Å². The summed E-state index contributed by atoms with van der Waals surface area (Å²) >= 11 is 0. The first-order valence-corrected chi connectivity index (χ1v) is 15.0. The van der Waals surface area contributed by atoms with Gasteiger partial charge in [-0.05, 0) is 73.5 Å². The van der Waals surface area contributed by atoms with Crippen molar-refractivity contribution in [1.82, 2.24) is 0 Å². The highest BCUT2D eigenvalue weighted by atomic mass is 16.5. The minimum atomic E-state index is -0.480. The van der Waals surface area contributed by atoms with Gasteiger partial charge < -0.3 is 18.9 Å². The summed E-state index contributed by atoms with van der Waals surface area (Å²) in [6.45, 7) is 5.67. The summed E-state index contributed by atoms with van der Waals surface area (Å²) < 4.78 is 23.1. The molecule has 0 aromatic heterocycles. The maximum absolute atomic E-state index is 12.9. The zero-order valence-electron chi connectivity index (χ0n) is 24.6. The number of unbranched alkanes of at least 4 members (excludes halogenated alkanes) is 6. The van der Waals surface area contributed by atoms with E-state index < -0.39 is 11.9 Å². The van der Waals surface area contributed by atoms with E-state index in [2.05, 4.69) is 13.8 Å². The Morgan fingerprint density at radius 3 is 1.29 bits per heavy atom. The molecule has 0 atom stereocenters. The summed E-state index contributed by atoms with van der Waals surface area (Å²) in [6, 6.07) is 24.6. The smallest absolute Gasteiger partial charge is 0.343 e. The summed E-state index contributed by atoms with van der Waals surface area (Å²) in [5.74, 6) is 1.26. The largest absolute Gasteiger partial charge is 0.494 e. The first-order chi connectivity index (χ1) is 20.6. The van der Waals surface area contributed by atoms with Crippen molar-refractivity contribution in [3.05, 3.63) is 96.1 Å². The Labute approximate surface area is 248 Å². The van der Waals surface area contributed by atoms with Gasteiger partial charge in [-0.1, -0.05) is 76.6 Å². The second-order valence-corrected chi connectivity index (χ2v) is 10.3. The Balaban J connectivity index is 1.37. The van der Waals surface area contributed by atoms with E-state index in [1.807, 2.05) is 12.1 Å². The number of hydrogen-bond acceptors (Lipinski definition) is 6. The van der Waals surface area contributed by atoms with Crippen molar-refractivity contribution in [3.8, 4) is 23.0 Å². The van der Waals surface area contributed by atoms with Crippen LogP contribution in [0, 0.1) is 0 Å². The normalized spacial score (nSPS) is 10.8. The predicted octanol–water partition coefficient (Wildman–Crippen LogP) is 9.20. The summed E-state index contributed by atoms with van der Waals surface area (Å²) in [4.78, 5) is 25.9. The van der Waals surface area contributed by atoms with Crippen LogP contribution in [0.3, 0.4) is 0 Å². The van der Waals surface area contributed by atoms with Crippen LogP contribution in [0.2, 0.25) is 0 Å². The Bertz CT molecular complexity index is 1320. The molecule has 0 saturated carbocycles. The molecule has 42 heavy (non-hydrogen) atoms. The monoisotopic (exact) mass is 568 g/mol. The third-order valence-corrected chi connectivity index (χ3v) is 6.96. The topological polar surface area (TPSA) is 71.1 Å². The van der Waals surface area contributed by atoms with Crippen LogP contribution in [0.4, 0.5) is 0 Å². The van der Waals surface area contributed by atoms with Crippen LogP contribution in [0.15, 0.2) is 84.9 Å². The van der Waals surface area contributed by atoms with Crippen LogP contribution in [-0.2, 0) is 0 Å². The van der Waals surface area contributed by atoms with Gasteiger partial charge in [0.1, 0.15) is 23.0 Å². The molecule has 0 saturated heterocycles. The maximum Gasteiger partial charge on any atom is 0.343 e. The van der Waals surface area contributed by atoms with Crippen molar-refractivity contribution in [2.24, 2.45) is 0 Å². The minimum absolute atomic E-state index is 0.382. The van der Waals surface area contributed by atoms with E-state index in [4.69, 9.17) is 18.9 Å². The summed E-state index contributed by atoms with van der Waals surface area (Å²) in [5.41, 5.74) is 0.836. The highest BCUT2D eigenvalue weighted by molar-refractivity contribution is 5.99. The third kappa shape index (κ3) is 8.84. The SMILES string of the molecule is CCCCCCOc1ccc(C(=O)Oc2cccc3c(OC(=O)c4ccc(OCCCCCC)cc4)cccc23)cc1. The number of ether oxygens (including phenoxy) is 4. The molecule has 4 rings (SSSR count). The molecule has 0 fully saturated rings. The fraction of sp³-hybridized carbons (Fsp3) is 0.333. The molecule has 0 unspecified atom stereocenters. The lowest BCUT2D eigenvalue weighted by atomic mass is 10.1. The standard InChI is InChI=1S/C36H40O6/c1-3-5-7-9-25-39-29-21-17-27(18-22-29)35(37)41-33-15-11-14-32-31(33)13-12-16-34(32)42-36(38)28-19-23-30(24-20-28)40-26-10-8-6-4-2/h11-24H,3-10,25-26H2,1-2H3.